The number of nitrogens with two attached hydrogens (primary N) is 1. The van der Waals surface area contributed by atoms with Crippen LogP contribution in [0.1, 0.15) is 18.1 Å². The van der Waals surface area contributed by atoms with Crippen LogP contribution in [0, 0.1) is 0 Å². The lowest BCUT2D eigenvalue weighted by atomic mass is 9.95. The fourth-order valence-electron chi connectivity index (χ4n) is 4.41. The summed E-state index contributed by atoms with van der Waals surface area (Å²) in [6.45, 7) is 2.34. The number of carbonyl (C=O) groups excluding carboxylic acids is 3. The summed E-state index contributed by atoms with van der Waals surface area (Å²) in [5.74, 6) is -1.15. The van der Waals surface area contributed by atoms with E-state index in [1.54, 1.807) is 12.3 Å². The molecule has 0 atom stereocenters. The van der Waals surface area contributed by atoms with Gasteiger partial charge in [-0.2, -0.15) is 0 Å². The van der Waals surface area contributed by atoms with Crippen molar-refractivity contribution in [2.75, 3.05) is 11.9 Å². The topological polar surface area (TPSA) is 122 Å². The predicted octanol–water partition coefficient (Wildman–Crippen LogP) is 2.61. The molecular weight excluding hydrogens is 406 g/mol. The fourth-order valence-corrected chi connectivity index (χ4v) is 4.41. The first-order valence-electron chi connectivity index (χ1n) is 10.3. The van der Waals surface area contributed by atoms with Gasteiger partial charge in [0, 0.05) is 59.8 Å². The number of nitrogens with one attached hydrogen (secondary N) is 3. The van der Waals surface area contributed by atoms with Gasteiger partial charge in [0.1, 0.15) is 0 Å². The minimum atomic E-state index is -0.472. The monoisotopic (exact) mass is 427 g/mol. The average molecular weight is 427 g/mol. The van der Waals surface area contributed by atoms with Gasteiger partial charge in [-0.15, -0.1) is 0 Å². The summed E-state index contributed by atoms with van der Waals surface area (Å²) < 4.78 is 1.94. The maximum absolute atomic E-state index is 13.0. The van der Waals surface area contributed by atoms with Crippen molar-refractivity contribution in [1.29, 1.82) is 0 Å². The average Bonchev–Trinajstić information content (AvgIpc) is 3.42. The number of nitrogens with zero attached hydrogens (tertiary/aromatic N) is 1. The van der Waals surface area contributed by atoms with E-state index >= 15 is 0 Å². The second kappa shape index (κ2) is 7.51. The van der Waals surface area contributed by atoms with E-state index in [1.807, 2.05) is 47.2 Å². The highest BCUT2D eigenvalue weighted by Crippen LogP contribution is 2.40. The smallest absolute Gasteiger partial charge is 0.259 e. The molecule has 0 saturated heterocycles. The van der Waals surface area contributed by atoms with E-state index in [9.17, 15) is 14.4 Å². The standard InChI is InChI=1S/C24H21N5O3/c1-13(30)27-18-7-4-8-19-20(18)16(12-29(19)10-9-25)22-21(23(31)28-24(22)32)15-11-26-17-6-3-2-5-14(15)17/h2-8,11-12,26H,9-10,25H2,1H3,(H,27,30)(H,28,31,32). The van der Waals surface area contributed by atoms with Gasteiger partial charge in [-0.3, -0.25) is 19.7 Å². The predicted molar refractivity (Wildman–Crippen MR) is 124 cm³/mol. The van der Waals surface area contributed by atoms with Crippen molar-refractivity contribution in [2.24, 2.45) is 5.73 Å². The van der Waals surface area contributed by atoms with E-state index in [-0.39, 0.29) is 11.5 Å². The lowest BCUT2D eigenvalue weighted by Crippen LogP contribution is -2.22. The number of hydrogen-bond acceptors (Lipinski definition) is 4. The van der Waals surface area contributed by atoms with Gasteiger partial charge in [0.05, 0.1) is 22.4 Å². The molecule has 0 fully saturated rings. The number of fused-ring (bicyclic) bond motifs is 2. The van der Waals surface area contributed by atoms with E-state index in [1.165, 1.54) is 6.92 Å². The number of imide groups is 1. The molecule has 2 aromatic heterocycles. The molecule has 4 aromatic rings. The van der Waals surface area contributed by atoms with Crippen LogP contribution in [-0.2, 0) is 20.9 Å². The largest absolute Gasteiger partial charge is 0.361 e. The van der Waals surface area contributed by atoms with Crippen molar-refractivity contribution in [3.05, 3.63) is 66.0 Å². The van der Waals surface area contributed by atoms with Gasteiger partial charge in [0.15, 0.2) is 0 Å². The zero-order valence-corrected chi connectivity index (χ0v) is 17.4. The molecule has 2 aromatic carbocycles. The van der Waals surface area contributed by atoms with Gasteiger partial charge < -0.3 is 20.6 Å². The lowest BCUT2D eigenvalue weighted by molar-refractivity contribution is -0.122. The molecule has 0 saturated carbocycles. The number of rotatable bonds is 5. The SMILES string of the molecule is CC(=O)Nc1cccc2c1c(C1=C(c3c[nH]c4ccccc34)C(=O)NC1=O)cn2CCN. The van der Waals surface area contributed by atoms with Crippen LogP contribution in [0.15, 0.2) is 54.9 Å². The molecule has 8 nitrogen and oxygen atoms in total. The van der Waals surface area contributed by atoms with Gasteiger partial charge >= 0.3 is 0 Å². The zero-order valence-electron chi connectivity index (χ0n) is 17.4. The summed E-state index contributed by atoms with van der Waals surface area (Å²) >= 11 is 0. The molecule has 5 rings (SSSR count). The first kappa shape index (κ1) is 19.8. The third-order valence-electron chi connectivity index (χ3n) is 5.65. The Balaban J connectivity index is 1.85. The van der Waals surface area contributed by atoms with E-state index in [0.717, 1.165) is 16.4 Å². The number of benzene rings is 2. The first-order chi connectivity index (χ1) is 15.5. The molecule has 32 heavy (non-hydrogen) atoms. The Morgan fingerprint density at radius 2 is 1.78 bits per heavy atom. The van der Waals surface area contributed by atoms with E-state index < -0.39 is 11.8 Å². The summed E-state index contributed by atoms with van der Waals surface area (Å²) in [5.41, 5.74) is 9.86. The zero-order chi connectivity index (χ0) is 22.4. The van der Waals surface area contributed by atoms with Crippen LogP contribution in [0.3, 0.4) is 0 Å². The van der Waals surface area contributed by atoms with Crippen LogP contribution in [-0.4, -0.2) is 33.8 Å². The van der Waals surface area contributed by atoms with Gasteiger partial charge in [-0.1, -0.05) is 24.3 Å². The minimum absolute atomic E-state index is 0.229. The third kappa shape index (κ3) is 3.00. The molecule has 0 aliphatic carbocycles. The van der Waals surface area contributed by atoms with Gasteiger partial charge in [-0.25, -0.2) is 0 Å². The molecule has 0 unspecified atom stereocenters. The summed E-state index contributed by atoms with van der Waals surface area (Å²) in [6, 6.07) is 13.1. The summed E-state index contributed by atoms with van der Waals surface area (Å²) in [5, 5.41) is 6.82. The third-order valence-corrected chi connectivity index (χ3v) is 5.65. The molecule has 160 valence electrons. The molecule has 0 bridgehead atoms. The van der Waals surface area contributed by atoms with Crippen LogP contribution in [0.25, 0.3) is 33.0 Å². The molecule has 5 N–H and O–H groups in total. The van der Waals surface area contributed by atoms with Crippen molar-refractivity contribution in [3.63, 3.8) is 0 Å². The minimum Gasteiger partial charge on any atom is -0.361 e. The van der Waals surface area contributed by atoms with Crippen LogP contribution in [0.2, 0.25) is 0 Å². The lowest BCUT2D eigenvalue weighted by Gasteiger charge is -2.08. The Morgan fingerprint density at radius 3 is 2.53 bits per heavy atom. The first-order valence-corrected chi connectivity index (χ1v) is 10.3. The van der Waals surface area contributed by atoms with E-state index in [0.29, 0.717) is 40.9 Å². The number of carbonyl (C=O) groups is 3. The molecular formula is C24H21N5O3. The highest BCUT2D eigenvalue weighted by Gasteiger charge is 2.35. The van der Waals surface area contributed by atoms with Gasteiger partial charge in [0.25, 0.3) is 11.8 Å². The number of H-pyrrole nitrogens is 1. The number of para-hydroxylation sites is 1. The van der Waals surface area contributed by atoms with Crippen LogP contribution >= 0.6 is 0 Å². The molecule has 1 aliphatic heterocycles. The highest BCUT2D eigenvalue weighted by molar-refractivity contribution is 6.51. The van der Waals surface area contributed by atoms with Crippen molar-refractivity contribution in [1.82, 2.24) is 14.9 Å². The number of aromatic nitrogens is 2. The van der Waals surface area contributed by atoms with Crippen LogP contribution in [0.5, 0.6) is 0 Å². The highest BCUT2D eigenvalue weighted by atomic mass is 16.2. The van der Waals surface area contributed by atoms with Crippen LogP contribution < -0.4 is 16.4 Å². The second-order valence-corrected chi connectivity index (χ2v) is 7.69. The molecule has 3 amide bonds. The van der Waals surface area contributed by atoms with Gasteiger partial charge in [0.2, 0.25) is 5.91 Å². The molecule has 8 heteroatoms. The fraction of sp³-hybridized carbons (Fsp3) is 0.125. The van der Waals surface area contributed by atoms with Crippen molar-refractivity contribution < 1.29 is 14.4 Å². The second-order valence-electron chi connectivity index (χ2n) is 7.69. The summed E-state index contributed by atoms with van der Waals surface area (Å²) in [4.78, 5) is 41.0. The number of aromatic amines is 1. The summed E-state index contributed by atoms with van der Waals surface area (Å²) in [6.07, 6.45) is 3.57. The molecule has 1 aliphatic rings. The normalized spacial score (nSPS) is 13.9. The van der Waals surface area contributed by atoms with E-state index in [2.05, 4.69) is 15.6 Å². The maximum Gasteiger partial charge on any atom is 0.259 e. The van der Waals surface area contributed by atoms with Crippen molar-refractivity contribution in [2.45, 2.75) is 13.5 Å². The molecule has 0 radical (unpaired) electrons. The Labute approximate surface area is 183 Å². The van der Waals surface area contributed by atoms with Crippen molar-refractivity contribution in [3.8, 4) is 0 Å². The molecule has 3 heterocycles. The Kier molecular flexibility index (Phi) is 4.64. The van der Waals surface area contributed by atoms with Crippen molar-refractivity contribution >= 4 is 56.4 Å². The Hall–Kier alpha value is -4.17. The van der Waals surface area contributed by atoms with Crippen LogP contribution in [0.4, 0.5) is 5.69 Å². The summed E-state index contributed by atoms with van der Waals surface area (Å²) in [7, 11) is 0. The quantitative estimate of drug-likeness (QED) is 0.366. The number of amides is 3. The number of hydrogen-bond donors (Lipinski definition) is 4. The van der Waals surface area contributed by atoms with E-state index in [4.69, 9.17) is 5.73 Å². The van der Waals surface area contributed by atoms with Gasteiger partial charge in [-0.05, 0) is 18.2 Å². The Morgan fingerprint density at radius 1 is 1.03 bits per heavy atom. The molecule has 0 spiro atoms. The maximum atomic E-state index is 13.0. The number of anilines is 1. The Bertz CT molecular complexity index is 1460.